The van der Waals surface area contributed by atoms with E-state index in [2.05, 4.69) is 10.3 Å². The molecule has 3 N–H and O–H groups in total. The topological polar surface area (TPSA) is 94.3 Å². The number of ether oxygens (including phenoxy) is 1. The van der Waals surface area contributed by atoms with Crippen molar-refractivity contribution in [1.29, 1.82) is 0 Å². The fraction of sp³-hybridized carbons (Fsp3) is 0.200. The van der Waals surface area contributed by atoms with E-state index in [-0.39, 0.29) is 5.56 Å². The molecule has 2 heterocycles. The molecule has 2 aromatic carbocycles. The Morgan fingerprint density at radius 2 is 2.15 bits per heavy atom. The summed E-state index contributed by atoms with van der Waals surface area (Å²) in [6, 6.07) is 9.43. The SMILES string of the molecule is Cc1cc(S(C)=O)cc2c(Nc3cccc4c3CCO4)c(C(N)=O)cnc12. The summed E-state index contributed by atoms with van der Waals surface area (Å²) in [4.78, 5) is 17.1. The van der Waals surface area contributed by atoms with Crippen LogP contribution in [0.3, 0.4) is 0 Å². The first-order valence-electron chi connectivity index (χ1n) is 8.54. The van der Waals surface area contributed by atoms with Crippen molar-refractivity contribution in [3.8, 4) is 5.75 Å². The largest absolute Gasteiger partial charge is 0.493 e. The molecule has 1 amide bonds. The highest BCUT2D eigenvalue weighted by Gasteiger charge is 2.20. The van der Waals surface area contributed by atoms with E-state index in [4.69, 9.17) is 10.5 Å². The van der Waals surface area contributed by atoms with Gasteiger partial charge in [-0.1, -0.05) is 6.07 Å². The molecule has 1 aromatic heterocycles. The van der Waals surface area contributed by atoms with E-state index in [1.54, 1.807) is 12.3 Å². The molecule has 1 aliphatic heterocycles. The van der Waals surface area contributed by atoms with E-state index in [1.165, 1.54) is 6.20 Å². The predicted octanol–water partition coefficient (Wildman–Crippen LogP) is 3.06. The van der Waals surface area contributed by atoms with Crippen molar-refractivity contribution in [3.05, 3.63) is 53.2 Å². The Balaban J connectivity index is 1.97. The Hall–Kier alpha value is -2.93. The molecule has 7 heteroatoms. The van der Waals surface area contributed by atoms with Gasteiger partial charge in [0.1, 0.15) is 5.75 Å². The average Bonchev–Trinajstić information content (AvgIpc) is 3.11. The summed E-state index contributed by atoms with van der Waals surface area (Å²) in [5.74, 6) is 0.266. The number of fused-ring (bicyclic) bond motifs is 2. The molecule has 0 radical (unpaired) electrons. The first-order chi connectivity index (χ1) is 13.0. The number of pyridine rings is 1. The van der Waals surface area contributed by atoms with Gasteiger partial charge in [-0.3, -0.25) is 14.0 Å². The van der Waals surface area contributed by atoms with Gasteiger partial charge < -0.3 is 15.8 Å². The highest BCUT2D eigenvalue weighted by atomic mass is 32.2. The van der Waals surface area contributed by atoms with Crippen LogP contribution in [-0.4, -0.2) is 28.0 Å². The van der Waals surface area contributed by atoms with Crippen molar-refractivity contribution in [2.45, 2.75) is 18.2 Å². The van der Waals surface area contributed by atoms with Crippen molar-refractivity contribution < 1.29 is 13.7 Å². The molecule has 6 nitrogen and oxygen atoms in total. The third-order valence-corrected chi connectivity index (χ3v) is 5.63. The number of carbonyl (C=O) groups excluding carboxylic acids is 1. The lowest BCUT2D eigenvalue weighted by atomic mass is 10.0. The Bertz CT molecular complexity index is 1110. The summed E-state index contributed by atoms with van der Waals surface area (Å²) in [5.41, 5.74) is 10.0. The second-order valence-corrected chi connectivity index (χ2v) is 7.89. The van der Waals surface area contributed by atoms with Crippen LogP contribution in [0, 0.1) is 6.92 Å². The smallest absolute Gasteiger partial charge is 0.252 e. The molecule has 1 aliphatic rings. The number of amides is 1. The van der Waals surface area contributed by atoms with Gasteiger partial charge in [-0.05, 0) is 36.8 Å². The number of aromatic nitrogens is 1. The summed E-state index contributed by atoms with van der Waals surface area (Å²) in [6.07, 6.45) is 3.90. The first-order valence-corrected chi connectivity index (χ1v) is 10.1. The monoisotopic (exact) mass is 381 g/mol. The van der Waals surface area contributed by atoms with Crippen LogP contribution in [-0.2, 0) is 17.2 Å². The molecule has 138 valence electrons. The van der Waals surface area contributed by atoms with Gasteiger partial charge in [0, 0.05) is 51.2 Å². The number of hydrogen-bond donors (Lipinski definition) is 2. The number of rotatable bonds is 4. The van der Waals surface area contributed by atoms with Gasteiger partial charge in [-0.2, -0.15) is 0 Å². The highest BCUT2D eigenvalue weighted by molar-refractivity contribution is 7.84. The summed E-state index contributed by atoms with van der Waals surface area (Å²) in [7, 11) is -1.16. The number of benzene rings is 2. The van der Waals surface area contributed by atoms with Gasteiger partial charge in [-0.15, -0.1) is 0 Å². The highest BCUT2D eigenvalue weighted by Crippen LogP contribution is 2.37. The second-order valence-electron chi connectivity index (χ2n) is 6.51. The van der Waals surface area contributed by atoms with Crippen molar-refractivity contribution in [1.82, 2.24) is 4.98 Å². The summed E-state index contributed by atoms with van der Waals surface area (Å²) in [5, 5.41) is 4.09. The third kappa shape index (κ3) is 3.04. The molecule has 3 aromatic rings. The zero-order valence-corrected chi connectivity index (χ0v) is 15.9. The number of nitrogens with two attached hydrogens (primary N) is 1. The molecule has 4 rings (SSSR count). The number of nitrogens with one attached hydrogen (secondary N) is 1. The summed E-state index contributed by atoms with van der Waals surface area (Å²) < 4.78 is 17.7. The van der Waals surface area contributed by atoms with Gasteiger partial charge in [0.15, 0.2) is 0 Å². The fourth-order valence-electron chi connectivity index (χ4n) is 3.41. The standard InChI is InChI=1S/C20H19N3O3S/c1-11-8-12(27(2)25)9-14-18(11)22-10-15(20(21)24)19(14)23-16-4-3-5-17-13(16)6-7-26-17/h3-5,8-10H,6-7H2,1-2H3,(H2,21,24)(H,22,23). The number of carbonyl (C=O) groups is 1. The van der Waals surface area contributed by atoms with Gasteiger partial charge in [-0.25, -0.2) is 0 Å². The third-order valence-electron chi connectivity index (χ3n) is 4.74. The quantitative estimate of drug-likeness (QED) is 0.724. The lowest BCUT2D eigenvalue weighted by Gasteiger charge is -2.16. The minimum absolute atomic E-state index is 0.289. The zero-order chi connectivity index (χ0) is 19.1. The van der Waals surface area contributed by atoms with E-state index in [0.29, 0.717) is 22.6 Å². The Labute approximate surface area is 159 Å². The lowest BCUT2D eigenvalue weighted by molar-refractivity contribution is 0.100. The Morgan fingerprint density at radius 3 is 2.89 bits per heavy atom. The summed E-state index contributed by atoms with van der Waals surface area (Å²) >= 11 is 0. The molecule has 1 atom stereocenters. The molecule has 0 fully saturated rings. The van der Waals surface area contributed by atoms with Gasteiger partial charge >= 0.3 is 0 Å². The number of anilines is 2. The van der Waals surface area contributed by atoms with E-state index >= 15 is 0 Å². The zero-order valence-electron chi connectivity index (χ0n) is 15.0. The van der Waals surface area contributed by atoms with Crippen molar-refractivity contribution in [2.24, 2.45) is 5.73 Å². The van der Waals surface area contributed by atoms with Crippen LogP contribution < -0.4 is 15.8 Å². The Morgan fingerprint density at radius 1 is 1.33 bits per heavy atom. The fourth-order valence-corrected chi connectivity index (χ4v) is 4.03. The maximum atomic E-state index is 12.1. The van der Waals surface area contributed by atoms with Crippen LogP contribution in [0.4, 0.5) is 11.4 Å². The van der Waals surface area contributed by atoms with Gasteiger partial charge in [0.05, 0.1) is 23.4 Å². The maximum Gasteiger partial charge on any atom is 0.252 e. The normalized spacial score (nSPS) is 13.9. The molecule has 0 aliphatic carbocycles. The first kappa shape index (κ1) is 17.5. The van der Waals surface area contributed by atoms with Crippen LogP contribution in [0.2, 0.25) is 0 Å². The molecule has 0 saturated carbocycles. The molecule has 1 unspecified atom stereocenters. The van der Waals surface area contributed by atoms with E-state index in [0.717, 1.165) is 34.5 Å². The van der Waals surface area contributed by atoms with Gasteiger partial charge in [0.25, 0.3) is 5.91 Å². The van der Waals surface area contributed by atoms with Gasteiger partial charge in [0.2, 0.25) is 0 Å². The predicted molar refractivity (Wildman–Crippen MR) is 106 cm³/mol. The summed E-state index contributed by atoms with van der Waals surface area (Å²) in [6.45, 7) is 2.54. The second kappa shape index (κ2) is 6.66. The molecule has 27 heavy (non-hydrogen) atoms. The van der Waals surface area contributed by atoms with Crippen LogP contribution in [0.25, 0.3) is 10.9 Å². The molecule has 0 spiro atoms. The van der Waals surface area contributed by atoms with Crippen LogP contribution >= 0.6 is 0 Å². The van der Waals surface area contributed by atoms with E-state index in [9.17, 15) is 9.00 Å². The van der Waals surface area contributed by atoms with Crippen LogP contribution in [0.5, 0.6) is 5.75 Å². The molecule has 0 saturated heterocycles. The minimum Gasteiger partial charge on any atom is -0.493 e. The van der Waals surface area contributed by atoms with Crippen molar-refractivity contribution >= 4 is 39.0 Å². The number of primary amides is 1. The number of hydrogen-bond acceptors (Lipinski definition) is 5. The Kier molecular flexibility index (Phi) is 4.31. The number of aryl methyl sites for hydroxylation is 1. The van der Waals surface area contributed by atoms with Crippen molar-refractivity contribution in [2.75, 3.05) is 18.2 Å². The van der Waals surface area contributed by atoms with E-state index < -0.39 is 16.7 Å². The van der Waals surface area contributed by atoms with Crippen LogP contribution in [0.15, 0.2) is 41.4 Å². The molecular formula is C20H19N3O3S. The lowest BCUT2D eigenvalue weighted by Crippen LogP contribution is -2.14. The maximum absolute atomic E-state index is 12.1. The minimum atomic E-state index is -1.16. The molecule has 0 bridgehead atoms. The number of nitrogens with zero attached hydrogens (tertiary/aromatic N) is 1. The van der Waals surface area contributed by atoms with Crippen LogP contribution in [0.1, 0.15) is 21.5 Å². The van der Waals surface area contributed by atoms with Crippen molar-refractivity contribution in [3.63, 3.8) is 0 Å². The molecular weight excluding hydrogens is 362 g/mol. The van der Waals surface area contributed by atoms with E-state index in [1.807, 2.05) is 31.2 Å². The average molecular weight is 381 g/mol.